The molecule has 7 nitrogen and oxygen atoms in total. The number of amides is 1. The molecule has 0 saturated heterocycles. The Morgan fingerprint density at radius 2 is 1.96 bits per heavy atom. The molecule has 0 radical (unpaired) electrons. The van der Waals surface area contributed by atoms with Crippen molar-refractivity contribution in [2.75, 3.05) is 19.7 Å². The van der Waals surface area contributed by atoms with E-state index in [1.807, 2.05) is 13.8 Å². The molecule has 0 bridgehead atoms. The molecule has 1 unspecified atom stereocenters. The van der Waals surface area contributed by atoms with Crippen molar-refractivity contribution in [2.45, 2.75) is 43.5 Å². The van der Waals surface area contributed by atoms with Gasteiger partial charge < -0.3 is 15.8 Å². The molecule has 1 saturated carbocycles. The van der Waals surface area contributed by atoms with E-state index in [-0.39, 0.29) is 23.8 Å². The van der Waals surface area contributed by atoms with Crippen molar-refractivity contribution in [3.8, 4) is 5.75 Å². The van der Waals surface area contributed by atoms with Gasteiger partial charge in [0.2, 0.25) is 15.9 Å². The number of nitrogens with two attached hydrogens (primary N) is 1. The topological polar surface area (TPSA) is 111 Å². The first kappa shape index (κ1) is 19.7. The van der Waals surface area contributed by atoms with Crippen LogP contribution in [0.2, 0.25) is 0 Å². The van der Waals surface area contributed by atoms with Gasteiger partial charge in [0.05, 0.1) is 17.0 Å². The van der Waals surface area contributed by atoms with Crippen LogP contribution in [0.5, 0.6) is 5.75 Å². The Morgan fingerprint density at radius 3 is 2.48 bits per heavy atom. The van der Waals surface area contributed by atoms with Crippen molar-refractivity contribution in [3.63, 3.8) is 0 Å². The van der Waals surface area contributed by atoms with Crippen LogP contribution in [0.4, 0.5) is 0 Å². The summed E-state index contributed by atoms with van der Waals surface area (Å²) in [4.78, 5) is 12.2. The van der Waals surface area contributed by atoms with E-state index in [1.54, 1.807) is 12.1 Å². The van der Waals surface area contributed by atoms with E-state index in [0.717, 1.165) is 12.8 Å². The second-order valence-corrected chi connectivity index (χ2v) is 8.26. The summed E-state index contributed by atoms with van der Waals surface area (Å²) in [6, 6.07) is 6.16. The fourth-order valence-corrected chi connectivity index (χ4v) is 3.72. The molecule has 0 aliphatic heterocycles. The van der Waals surface area contributed by atoms with Crippen LogP contribution in [0.3, 0.4) is 0 Å². The second kappa shape index (κ2) is 8.16. The standard InChI is InChI=1S/C17H27N3O4S/c1-3-24-14-6-8-15(9-7-14)25(22,23)19-11-10-16(21)20-17(2,12-18)13-4-5-13/h6-9,13,19H,3-5,10-12,18H2,1-2H3,(H,20,21). The molecule has 4 N–H and O–H groups in total. The zero-order valence-corrected chi connectivity index (χ0v) is 15.6. The number of carbonyl (C=O) groups is 1. The van der Waals surface area contributed by atoms with Gasteiger partial charge in [0.15, 0.2) is 0 Å². The van der Waals surface area contributed by atoms with Crippen molar-refractivity contribution in [3.05, 3.63) is 24.3 Å². The average Bonchev–Trinajstić information content (AvgIpc) is 3.41. The number of rotatable bonds is 10. The zero-order valence-electron chi connectivity index (χ0n) is 14.7. The SMILES string of the molecule is CCOc1ccc(S(=O)(=O)NCCC(=O)NC(C)(CN)C2CC2)cc1. The number of sulfonamides is 1. The highest BCUT2D eigenvalue weighted by Gasteiger charge is 2.41. The molecule has 1 amide bonds. The summed E-state index contributed by atoms with van der Waals surface area (Å²) in [5.74, 6) is 0.832. The summed E-state index contributed by atoms with van der Waals surface area (Å²) in [5, 5.41) is 2.94. The lowest BCUT2D eigenvalue weighted by molar-refractivity contribution is -0.122. The maximum Gasteiger partial charge on any atom is 0.240 e. The van der Waals surface area contributed by atoms with Gasteiger partial charge in [-0.05, 0) is 56.9 Å². The molecule has 8 heteroatoms. The summed E-state index contributed by atoms with van der Waals surface area (Å²) in [6.45, 7) is 4.72. The molecule has 25 heavy (non-hydrogen) atoms. The van der Waals surface area contributed by atoms with E-state index in [4.69, 9.17) is 10.5 Å². The molecule has 1 fully saturated rings. The van der Waals surface area contributed by atoms with Gasteiger partial charge in [-0.15, -0.1) is 0 Å². The molecule has 140 valence electrons. The van der Waals surface area contributed by atoms with Gasteiger partial charge in [-0.3, -0.25) is 4.79 Å². The molecule has 1 atom stereocenters. The van der Waals surface area contributed by atoms with Crippen LogP contribution in [-0.2, 0) is 14.8 Å². The van der Waals surface area contributed by atoms with Gasteiger partial charge in [0, 0.05) is 19.5 Å². The average molecular weight is 369 g/mol. The Morgan fingerprint density at radius 1 is 1.32 bits per heavy atom. The molecular formula is C17H27N3O4S. The predicted octanol–water partition coefficient (Wildman–Crippen LogP) is 0.997. The Bertz CT molecular complexity index is 686. The largest absolute Gasteiger partial charge is 0.494 e. The summed E-state index contributed by atoms with van der Waals surface area (Å²) in [7, 11) is -3.65. The monoisotopic (exact) mass is 369 g/mol. The Kier molecular flexibility index (Phi) is 6.42. The van der Waals surface area contributed by atoms with E-state index in [2.05, 4.69) is 10.0 Å². The van der Waals surface area contributed by atoms with Gasteiger partial charge >= 0.3 is 0 Å². The summed E-state index contributed by atoms with van der Waals surface area (Å²) in [5.41, 5.74) is 5.37. The molecule has 0 heterocycles. The molecule has 0 spiro atoms. The molecule has 1 aliphatic carbocycles. The number of hydrogen-bond donors (Lipinski definition) is 3. The highest BCUT2D eigenvalue weighted by molar-refractivity contribution is 7.89. The third-order valence-corrected chi connectivity index (χ3v) is 5.89. The first-order valence-electron chi connectivity index (χ1n) is 8.54. The van der Waals surface area contributed by atoms with E-state index >= 15 is 0 Å². The molecule has 1 aromatic rings. The van der Waals surface area contributed by atoms with Crippen molar-refractivity contribution >= 4 is 15.9 Å². The summed E-state index contributed by atoms with van der Waals surface area (Å²) < 4.78 is 32.2. The number of carbonyl (C=O) groups excluding carboxylic acids is 1. The quantitative estimate of drug-likeness (QED) is 0.570. The van der Waals surface area contributed by atoms with Crippen molar-refractivity contribution in [1.82, 2.24) is 10.0 Å². The van der Waals surface area contributed by atoms with E-state index in [1.165, 1.54) is 12.1 Å². The Balaban J connectivity index is 1.84. The van der Waals surface area contributed by atoms with Crippen molar-refractivity contribution in [1.29, 1.82) is 0 Å². The van der Waals surface area contributed by atoms with Gasteiger partial charge in [-0.1, -0.05) is 0 Å². The minimum absolute atomic E-state index is 0.0344. The number of hydrogen-bond acceptors (Lipinski definition) is 5. The van der Waals surface area contributed by atoms with E-state index in [9.17, 15) is 13.2 Å². The Labute approximate surface area is 149 Å². The van der Waals surface area contributed by atoms with Crippen LogP contribution in [0.25, 0.3) is 0 Å². The number of nitrogens with one attached hydrogen (secondary N) is 2. The van der Waals surface area contributed by atoms with Gasteiger partial charge in [0.25, 0.3) is 0 Å². The van der Waals surface area contributed by atoms with Crippen LogP contribution in [0.15, 0.2) is 29.2 Å². The minimum Gasteiger partial charge on any atom is -0.494 e. The fourth-order valence-electron chi connectivity index (χ4n) is 2.69. The fraction of sp³-hybridized carbons (Fsp3) is 0.588. The first-order valence-corrected chi connectivity index (χ1v) is 10.0. The normalized spacial score (nSPS) is 16.9. The van der Waals surface area contributed by atoms with Gasteiger partial charge in [-0.25, -0.2) is 13.1 Å². The number of ether oxygens (including phenoxy) is 1. The molecule has 2 rings (SSSR count). The lowest BCUT2D eigenvalue weighted by Crippen LogP contribution is -2.53. The maximum atomic E-state index is 12.2. The molecule has 1 aliphatic rings. The number of benzene rings is 1. The third kappa shape index (κ3) is 5.42. The smallest absolute Gasteiger partial charge is 0.240 e. The lowest BCUT2D eigenvalue weighted by atomic mass is 9.96. The van der Waals surface area contributed by atoms with Gasteiger partial charge in [0.1, 0.15) is 5.75 Å². The highest BCUT2D eigenvalue weighted by atomic mass is 32.2. The van der Waals surface area contributed by atoms with Gasteiger partial charge in [-0.2, -0.15) is 0 Å². The van der Waals surface area contributed by atoms with Crippen LogP contribution >= 0.6 is 0 Å². The Hall–Kier alpha value is -1.64. The van der Waals surface area contributed by atoms with E-state index < -0.39 is 15.6 Å². The van der Waals surface area contributed by atoms with Crippen molar-refractivity contribution in [2.24, 2.45) is 11.7 Å². The highest BCUT2D eigenvalue weighted by Crippen LogP contribution is 2.38. The minimum atomic E-state index is -3.65. The second-order valence-electron chi connectivity index (χ2n) is 6.50. The zero-order chi connectivity index (χ0) is 18.5. The first-order chi connectivity index (χ1) is 11.8. The lowest BCUT2D eigenvalue weighted by Gasteiger charge is -2.29. The van der Waals surface area contributed by atoms with Crippen LogP contribution in [0.1, 0.15) is 33.1 Å². The van der Waals surface area contributed by atoms with Crippen molar-refractivity contribution < 1.29 is 17.9 Å². The van der Waals surface area contributed by atoms with Crippen LogP contribution < -0.4 is 20.5 Å². The molecular weight excluding hydrogens is 342 g/mol. The maximum absolute atomic E-state index is 12.2. The summed E-state index contributed by atoms with van der Waals surface area (Å²) >= 11 is 0. The molecule has 1 aromatic carbocycles. The van der Waals surface area contributed by atoms with Crippen LogP contribution in [0, 0.1) is 5.92 Å². The van der Waals surface area contributed by atoms with Crippen LogP contribution in [-0.4, -0.2) is 39.6 Å². The van der Waals surface area contributed by atoms with E-state index in [0.29, 0.717) is 24.8 Å². The third-order valence-electron chi connectivity index (χ3n) is 4.42. The molecule has 0 aromatic heterocycles. The predicted molar refractivity (Wildman–Crippen MR) is 95.7 cm³/mol. The summed E-state index contributed by atoms with van der Waals surface area (Å²) in [6.07, 6.45) is 2.20.